The number of benzene rings is 3. The van der Waals surface area contributed by atoms with Gasteiger partial charge in [0.05, 0.1) is 16.1 Å². The van der Waals surface area contributed by atoms with Crippen molar-refractivity contribution in [3.63, 3.8) is 0 Å². The van der Waals surface area contributed by atoms with Crippen LogP contribution in [0.5, 0.6) is 0 Å². The highest BCUT2D eigenvalue weighted by molar-refractivity contribution is 7.92. The molecule has 0 saturated heterocycles. The Kier molecular flexibility index (Phi) is 5.96. The molecule has 0 saturated carbocycles. The average Bonchev–Trinajstić information content (AvgIpc) is 2.70. The van der Waals surface area contributed by atoms with E-state index in [2.05, 4.69) is 10.0 Å². The van der Waals surface area contributed by atoms with Crippen LogP contribution in [-0.4, -0.2) is 26.0 Å². The molecule has 3 aromatic rings. The van der Waals surface area contributed by atoms with Gasteiger partial charge in [0.1, 0.15) is 0 Å². The predicted octanol–water partition coefficient (Wildman–Crippen LogP) is 3.84. The highest BCUT2D eigenvalue weighted by Crippen LogP contribution is 2.24. The van der Waals surface area contributed by atoms with Crippen LogP contribution in [0.25, 0.3) is 0 Å². The molecule has 3 aromatic carbocycles. The average molecular weight is 396 g/mol. The van der Waals surface area contributed by atoms with Gasteiger partial charge < -0.3 is 10.4 Å². The van der Waals surface area contributed by atoms with Gasteiger partial charge in [0.2, 0.25) is 0 Å². The fraction of sp³-hybridized carbons (Fsp3) is 0.0952. The maximum atomic E-state index is 12.5. The van der Waals surface area contributed by atoms with Gasteiger partial charge in [0, 0.05) is 12.2 Å². The molecular weight excluding hydrogens is 376 g/mol. The van der Waals surface area contributed by atoms with Crippen LogP contribution in [0.3, 0.4) is 0 Å². The van der Waals surface area contributed by atoms with Crippen molar-refractivity contribution in [2.75, 3.05) is 16.6 Å². The Morgan fingerprint density at radius 2 is 1.54 bits per heavy atom. The number of anilines is 2. The van der Waals surface area contributed by atoms with E-state index in [0.717, 1.165) is 6.42 Å². The van der Waals surface area contributed by atoms with Crippen LogP contribution >= 0.6 is 0 Å². The molecule has 7 heteroatoms. The predicted molar refractivity (Wildman–Crippen MR) is 109 cm³/mol. The second-order valence-electron chi connectivity index (χ2n) is 6.15. The van der Waals surface area contributed by atoms with E-state index < -0.39 is 16.0 Å². The fourth-order valence-electron chi connectivity index (χ4n) is 2.72. The summed E-state index contributed by atoms with van der Waals surface area (Å²) in [6.07, 6.45) is 0.783. The van der Waals surface area contributed by atoms with Crippen LogP contribution in [0.2, 0.25) is 0 Å². The fourth-order valence-corrected chi connectivity index (χ4v) is 3.82. The van der Waals surface area contributed by atoms with Gasteiger partial charge in [-0.3, -0.25) is 4.72 Å². The van der Waals surface area contributed by atoms with Crippen molar-refractivity contribution in [3.8, 4) is 0 Å². The van der Waals surface area contributed by atoms with Crippen molar-refractivity contribution in [1.82, 2.24) is 0 Å². The second-order valence-corrected chi connectivity index (χ2v) is 7.83. The van der Waals surface area contributed by atoms with E-state index >= 15 is 0 Å². The minimum Gasteiger partial charge on any atom is -0.478 e. The smallest absolute Gasteiger partial charge is 0.337 e. The summed E-state index contributed by atoms with van der Waals surface area (Å²) >= 11 is 0. The molecule has 0 heterocycles. The van der Waals surface area contributed by atoms with Gasteiger partial charge in [-0.05, 0) is 42.3 Å². The zero-order valence-electron chi connectivity index (χ0n) is 15.0. The lowest BCUT2D eigenvalue weighted by Crippen LogP contribution is -2.16. The minimum atomic E-state index is -3.87. The second kappa shape index (κ2) is 8.58. The highest BCUT2D eigenvalue weighted by Gasteiger charge is 2.18. The molecule has 0 bridgehead atoms. The number of nitrogens with one attached hydrogen (secondary N) is 2. The number of hydrogen-bond acceptors (Lipinski definition) is 4. The monoisotopic (exact) mass is 396 g/mol. The lowest BCUT2D eigenvalue weighted by atomic mass is 10.1. The lowest BCUT2D eigenvalue weighted by molar-refractivity contribution is 0.0698. The van der Waals surface area contributed by atoms with Crippen LogP contribution in [0.15, 0.2) is 83.8 Å². The molecule has 0 aliphatic heterocycles. The number of carboxylic acids is 1. The Morgan fingerprint density at radius 3 is 2.18 bits per heavy atom. The van der Waals surface area contributed by atoms with Crippen LogP contribution in [0.4, 0.5) is 11.4 Å². The van der Waals surface area contributed by atoms with Crippen LogP contribution in [0.1, 0.15) is 15.9 Å². The first-order chi connectivity index (χ1) is 13.5. The maximum Gasteiger partial charge on any atom is 0.337 e. The number of hydrogen-bond donors (Lipinski definition) is 3. The minimum absolute atomic E-state index is 0.0185. The Labute approximate surface area is 163 Å². The molecule has 0 amide bonds. The first-order valence-corrected chi connectivity index (χ1v) is 10.2. The molecule has 28 heavy (non-hydrogen) atoms. The van der Waals surface area contributed by atoms with E-state index in [4.69, 9.17) is 0 Å². The lowest BCUT2D eigenvalue weighted by Gasteiger charge is -2.13. The van der Waals surface area contributed by atoms with Crippen LogP contribution in [-0.2, 0) is 16.4 Å². The third-order valence-corrected chi connectivity index (χ3v) is 5.51. The third-order valence-electron chi connectivity index (χ3n) is 4.13. The number of rotatable bonds is 8. The molecular formula is C21H20N2O4S. The van der Waals surface area contributed by atoms with Crippen molar-refractivity contribution >= 4 is 27.4 Å². The standard InChI is InChI=1S/C21H20N2O4S/c24-21(25)19-15-17(22-14-13-16-7-3-1-4-8-16)11-12-20(19)23-28(26,27)18-9-5-2-6-10-18/h1-12,15,22-23H,13-14H2,(H,24,25). The van der Waals surface area contributed by atoms with E-state index in [1.165, 1.54) is 29.8 Å². The van der Waals surface area contributed by atoms with E-state index in [-0.39, 0.29) is 16.1 Å². The zero-order valence-corrected chi connectivity index (χ0v) is 15.8. The van der Waals surface area contributed by atoms with E-state index in [1.54, 1.807) is 24.3 Å². The normalized spacial score (nSPS) is 11.0. The molecule has 0 aliphatic carbocycles. The first kappa shape index (κ1) is 19.4. The number of carbonyl (C=O) groups is 1. The Hall–Kier alpha value is -3.32. The van der Waals surface area contributed by atoms with Crippen molar-refractivity contribution in [2.24, 2.45) is 0 Å². The Morgan fingerprint density at radius 1 is 0.893 bits per heavy atom. The largest absolute Gasteiger partial charge is 0.478 e. The summed E-state index contributed by atoms with van der Waals surface area (Å²) in [4.78, 5) is 11.7. The topological polar surface area (TPSA) is 95.5 Å². The summed E-state index contributed by atoms with van der Waals surface area (Å²) in [5.41, 5.74) is 1.67. The first-order valence-electron chi connectivity index (χ1n) is 8.69. The summed E-state index contributed by atoms with van der Waals surface area (Å²) in [5.74, 6) is -1.21. The molecule has 6 nitrogen and oxygen atoms in total. The van der Waals surface area contributed by atoms with E-state index in [0.29, 0.717) is 12.2 Å². The van der Waals surface area contributed by atoms with Gasteiger partial charge in [-0.2, -0.15) is 0 Å². The number of carboxylic acid groups (broad SMARTS) is 1. The van der Waals surface area contributed by atoms with Crippen LogP contribution in [0, 0.1) is 0 Å². The van der Waals surface area contributed by atoms with Gasteiger partial charge in [-0.15, -0.1) is 0 Å². The van der Waals surface area contributed by atoms with Gasteiger partial charge in [-0.1, -0.05) is 48.5 Å². The van der Waals surface area contributed by atoms with Crippen molar-refractivity contribution in [1.29, 1.82) is 0 Å². The molecule has 3 rings (SSSR count). The molecule has 0 fully saturated rings. The molecule has 0 aliphatic rings. The third kappa shape index (κ3) is 4.89. The highest BCUT2D eigenvalue weighted by atomic mass is 32.2. The molecule has 0 spiro atoms. The van der Waals surface area contributed by atoms with E-state index in [9.17, 15) is 18.3 Å². The van der Waals surface area contributed by atoms with Crippen molar-refractivity contribution in [3.05, 3.63) is 90.0 Å². The van der Waals surface area contributed by atoms with Crippen LogP contribution < -0.4 is 10.0 Å². The molecule has 0 aromatic heterocycles. The number of aromatic carboxylic acids is 1. The Balaban J connectivity index is 1.75. The van der Waals surface area contributed by atoms with Gasteiger partial charge >= 0.3 is 5.97 Å². The SMILES string of the molecule is O=C(O)c1cc(NCCc2ccccc2)ccc1NS(=O)(=O)c1ccccc1. The maximum absolute atomic E-state index is 12.5. The van der Waals surface area contributed by atoms with Gasteiger partial charge in [0.15, 0.2) is 0 Å². The summed E-state index contributed by atoms with van der Waals surface area (Å²) in [6.45, 7) is 0.623. The molecule has 0 radical (unpaired) electrons. The molecule has 0 atom stereocenters. The van der Waals surface area contributed by atoms with E-state index in [1.807, 2.05) is 30.3 Å². The summed E-state index contributed by atoms with van der Waals surface area (Å²) in [6, 6.07) is 22.3. The summed E-state index contributed by atoms with van der Waals surface area (Å²) in [5, 5.41) is 12.7. The zero-order chi connectivity index (χ0) is 20.0. The number of sulfonamides is 1. The summed E-state index contributed by atoms with van der Waals surface area (Å²) < 4.78 is 27.3. The molecule has 0 unspecified atom stereocenters. The quantitative estimate of drug-likeness (QED) is 0.538. The van der Waals surface area contributed by atoms with Crippen molar-refractivity contribution in [2.45, 2.75) is 11.3 Å². The molecule has 3 N–H and O–H groups in total. The van der Waals surface area contributed by atoms with Crippen molar-refractivity contribution < 1.29 is 18.3 Å². The Bertz CT molecular complexity index is 1050. The summed E-state index contributed by atoms with van der Waals surface area (Å²) in [7, 11) is -3.87. The van der Waals surface area contributed by atoms with Gasteiger partial charge in [0.25, 0.3) is 10.0 Å². The van der Waals surface area contributed by atoms with Gasteiger partial charge in [-0.25, -0.2) is 13.2 Å². The molecule has 144 valence electrons.